The molecule has 0 saturated carbocycles. The first kappa shape index (κ1) is 11.1. The molecule has 2 heterocycles. The summed E-state index contributed by atoms with van der Waals surface area (Å²) in [6, 6.07) is 3.77. The Hall–Kier alpha value is -1.40. The average molecular weight is 254 g/mol. The van der Waals surface area contributed by atoms with Gasteiger partial charge in [-0.3, -0.25) is 0 Å². The Bertz CT molecular complexity index is 503. The molecule has 0 radical (unpaired) electrons. The molecule has 2 aromatic rings. The lowest BCUT2D eigenvalue weighted by atomic mass is 10.3. The van der Waals surface area contributed by atoms with Crippen molar-refractivity contribution in [2.45, 2.75) is 0 Å². The fourth-order valence-corrected chi connectivity index (χ4v) is 2.85. The van der Waals surface area contributed by atoms with Gasteiger partial charge in [0.25, 0.3) is 0 Å². The van der Waals surface area contributed by atoms with Gasteiger partial charge in [0.05, 0.1) is 4.88 Å². The molecule has 16 heavy (non-hydrogen) atoms. The summed E-state index contributed by atoms with van der Waals surface area (Å²) in [5.74, 6) is -0.922. The molecule has 0 atom stereocenters. The SMILES string of the molecule is CN(C)c1nc(-c2cccs2)c(C(=O)O)s1. The predicted molar refractivity (Wildman–Crippen MR) is 66.7 cm³/mol. The topological polar surface area (TPSA) is 53.4 Å². The molecule has 0 aliphatic carbocycles. The number of carboxylic acid groups (broad SMARTS) is 1. The summed E-state index contributed by atoms with van der Waals surface area (Å²) >= 11 is 2.69. The van der Waals surface area contributed by atoms with Gasteiger partial charge in [-0.15, -0.1) is 11.3 Å². The van der Waals surface area contributed by atoms with Crippen LogP contribution in [0.3, 0.4) is 0 Å². The number of rotatable bonds is 3. The van der Waals surface area contributed by atoms with Gasteiger partial charge in [-0.05, 0) is 11.4 Å². The number of aromatic nitrogens is 1. The maximum atomic E-state index is 11.1. The molecular weight excluding hydrogens is 244 g/mol. The molecule has 6 heteroatoms. The molecule has 1 N–H and O–H groups in total. The molecule has 0 spiro atoms. The number of nitrogens with zero attached hydrogens (tertiary/aromatic N) is 2. The lowest BCUT2D eigenvalue weighted by molar-refractivity contribution is 0.0703. The van der Waals surface area contributed by atoms with Crippen LogP contribution in [-0.2, 0) is 0 Å². The van der Waals surface area contributed by atoms with Crippen LogP contribution in [0.1, 0.15) is 9.67 Å². The molecule has 84 valence electrons. The first-order chi connectivity index (χ1) is 7.59. The average Bonchev–Trinajstić information content (AvgIpc) is 2.86. The van der Waals surface area contributed by atoms with Gasteiger partial charge < -0.3 is 10.0 Å². The van der Waals surface area contributed by atoms with E-state index in [-0.39, 0.29) is 0 Å². The van der Waals surface area contributed by atoms with E-state index < -0.39 is 5.97 Å². The van der Waals surface area contributed by atoms with Crippen molar-refractivity contribution >= 4 is 33.8 Å². The molecule has 0 aromatic carbocycles. The number of anilines is 1. The summed E-state index contributed by atoms with van der Waals surface area (Å²) < 4.78 is 0. The van der Waals surface area contributed by atoms with Gasteiger partial charge in [0.15, 0.2) is 5.13 Å². The lowest BCUT2D eigenvalue weighted by Gasteiger charge is -2.04. The quantitative estimate of drug-likeness (QED) is 0.914. The van der Waals surface area contributed by atoms with Crippen LogP contribution in [0, 0.1) is 0 Å². The zero-order valence-electron chi connectivity index (χ0n) is 8.80. The normalized spacial score (nSPS) is 10.4. The Morgan fingerprint density at radius 2 is 2.25 bits per heavy atom. The zero-order valence-corrected chi connectivity index (χ0v) is 10.4. The predicted octanol–water partition coefficient (Wildman–Crippen LogP) is 2.64. The molecule has 4 nitrogen and oxygen atoms in total. The van der Waals surface area contributed by atoms with Gasteiger partial charge in [0.2, 0.25) is 0 Å². The van der Waals surface area contributed by atoms with Gasteiger partial charge in [-0.25, -0.2) is 9.78 Å². The highest BCUT2D eigenvalue weighted by Crippen LogP contribution is 2.34. The largest absolute Gasteiger partial charge is 0.477 e. The second-order valence-electron chi connectivity index (χ2n) is 3.35. The second kappa shape index (κ2) is 4.23. The summed E-state index contributed by atoms with van der Waals surface area (Å²) in [4.78, 5) is 18.5. The van der Waals surface area contributed by atoms with Crippen LogP contribution in [0.4, 0.5) is 5.13 Å². The van der Waals surface area contributed by atoms with Gasteiger partial charge in [0.1, 0.15) is 10.6 Å². The van der Waals surface area contributed by atoms with Crippen LogP contribution < -0.4 is 4.90 Å². The first-order valence-corrected chi connectivity index (χ1v) is 6.24. The van der Waals surface area contributed by atoms with Crippen molar-refractivity contribution in [2.75, 3.05) is 19.0 Å². The third kappa shape index (κ3) is 1.94. The summed E-state index contributed by atoms with van der Waals surface area (Å²) in [6.07, 6.45) is 0. The van der Waals surface area contributed by atoms with Crippen LogP contribution in [0.15, 0.2) is 17.5 Å². The van der Waals surface area contributed by atoms with Crippen molar-refractivity contribution in [3.05, 3.63) is 22.4 Å². The van der Waals surface area contributed by atoms with E-state index in [1.54, 1.807) is 0 Å². The Balaban J connectivity index is 2.55. The molecule has 0 bridgehead atoms. The monoisotopic (exact) mass is 254 g/mol. The highest BCUT2D eigenvalue weighted by molar-refractivity contribution is 7.19. The Labute approximate surface area is 101 Å². The molecule has 0 unspecified atom stereocenters. The fourth-order valence-electron chi connectivity index (χ4n) is 1.23. The van der Waals surface area contributed by atoms with Crippen LogP contribution >= 0.6 is 22.7 Å². The minimum Gasteiger partial charge on any atom is -0.477 e. The highest BCUT2D eigenvalue weighted by atomic mass is 32.1. The molecule has 2 aromatic heterocycles. The van der Waals surface area contributed by atoms with Crippen molar-refractivity contribution in [3.63, 3.8) is 0 Å². The number of hydrogen-bond acceptors (Lipinski definition) is 5. The summed E-state index contributed by atoms with van der Waals surface area (Å²) in [7, 11) is 3.70. The smallest absolute Gasteiger partial charge is 0.348 e. The van der Waals surface area contributed by atoms with E-state index in [1.807, 2.05) is 36.5 Å². The number of carboxylic acids is 1. The molecule has 0 aliphatic rings. The van der Waals surface area contributed by atoms with Gasteiger partial charge in [0, 0.05) is 14.1 Å². The van der Waals surface area contributed by atoms with Crippen LogP contribution in [0.25, 0.3) is 10.6 Å². The third-order valence-corrected chi connectivity index (χ3v) is 4.03. The second-order valence-corrected chi connectivity index (χ2v) is 5.28. The van der Waals surface area contributed by atoms with Gasteiger partial charge in [-0.2, -0.15) is 0 Å². The van der Waals surface area contributed by atoms with Crippen LogP contribution in [0.2, 0.25) is 0 Å². The number of aromatic carboxylic acids is 1. The maximum Gasteiger partial charge on any atom is 0.348 e. The van der Waals surface area contributed by atoms with Crippen molar-refractivity contribution in [3.8, 4) is 10.6 Å². The number of carbonyl (C=O) groups is 1. The van der Waals surface area contributed by atoms with Crippen molar-refractivity contribution in [1.82, 2.24) is 4.98 Å². The van der Waals surface area contributed by atoms with Crippen molar-refractivity contribution in [1.29, 1.82) is 0 Å². The Morgan fingerprint density at radius 1 is 1.50 bits per heavy atom. The molecular formula is C10H10N2O2S2. The van der Waals surface area contributed by atoms with Gasteiger partial charge >= 0.3 is 5.97 Å². The lowest BCUT2D eigenvalue weighted by Crippen LogP contribution is -2.07. The third-order valence-electron chi connectivity index (χ3n) is 1.95. The van der Waals surface area contributed by atoms with Crippen LogP contribution in [0.5, 0.6) is 0 Å². The zero-order chi connectivity index (χ0) is 11.7. The molecule has 2 rings (SSSR count). The Kier molecular flexibility index (Phi) is 2.93. The molecule has 0 aliphatic heterocycles. The minimum atomic E-state index is -0.922. The van der Waals surface area contributed by atoms with Crippen molar-refractivity contribution in [2.24, 2.45) is 0 Å². The summed E-state index contributed by atoms with van der Waals surface area (Å²) in [5, 5.41) is 11.7. The maximum absolute atomic E-state index is 11.1. The number of hydrogen-bond donors (Lipinski definition) is 1. The van der Waals surface area contributed by atoms with E-state index in [1.165, 1.54) is 22.7 Å². The Morgan fingerprint density at radius 3 is 2.75 bits per heavy atom. The first-order valence-electron chi connectivity index (χ1n) is 4.55. The van der Waals surface area contributed by atoms with Gasteiger partial charge in [-0.1, -0.05) is 17.4 Å². The van der Waals surface area contributed by atoms with Crippen molar-refractivity contribution < 1.29 is 9.90 Å². The van der Waals surface area contributed by atoms with E-state index in [9.17, 15) is 4.79 Å². The van der Waals surface area contributed by atoms with E-state index in [2.05, 4.69) is 4.98 Å². The van der Waals surface area contributed by atoms with E-state index in [4.69, 9.17) is 5.11 Å². The van der Waals surface area contributed by atoms with E-state index >= 15 is 0 Å². The standard InChI is InChI=1S/C10H10N2O2S2/c1-12(2)10-11-7(6-4-3-5-15-6)8(16-10)9(13)14/h3-5H,1-2H3,(H,13,14). The van der Waals surface area contributed by atoms with E-state index in [0.29, 0.717) is 15.7 Å². The number of thiazole rings is 1. The van der Waals surface area contributed by atoms with Crippen LogP contribution in [-0.4, -0.2) is 30.2 Å². The summed E-state index contributed by atoms with van der Waals surface area (Å²) in [5.41, 5.74) is 0.566. The summed E-state index contributed by atoms with van der Waals surface area (Å²) in [6.45, 7) is 0. The number of thiophene rings is 1. The minimum absolute atomic E-state index is 0.297. The molecule has 0 saturated heterocycles. The fraction of sp³-hybridized carbons (Fsp3) is 0.200. The van der Waals surface area contributed by atoms with E-state index in [0.717, 1.165) is 4.88 Å². The highest BCUT2D eigenvalue weighted by Gasteiger charge is 2.19. The molecule has 0 amide bonds. The molecule has 0 fully saturated rings.